The second-order valence-electron chi connectivity index (χ2n) is 7.21. The van der Waals surface area contributed by atoms with E-state index >= 15 is 0 Å². The lowest BCUT2D eigenvalue weighted by Crippen LogP contribution is -2.25. The number of nitrogens with one attached hydrogen (secondary N) is 2. The Hall–Kier alpha value is -1.39. The predicted molar refractivity (Wildman–Crippen MR) is 106 cm³/mol. The zero-order chi connectivity index (χ0) is 19.1. The average Bonchev–Trinajstić information content (AvgIpc) is 2.61. The van der Waals surface area contributed by atoms with E-state index in [1.54, 1.807) is 7.05 Å². The molecule has 0 atom stereocenters. The lowest BCUT2D eigenvalue weighted by molar-refractivity contribution is -0.124. The maximum absolute atomic E-state index is 11.3. The first kappa shape index (κ1) is 23.6. The highest BCUT2D eigenvalue weighted by Crippen LogP contribution is 2.24. The quantitative estimate of drug-likeness (QED) is 0.651. The Morgan fingerprint density at radius 3 is 2.16 bits per heavy atom. The van der Waals surface area contributed by atoms with Crippen molar-refractivity contribution < 1.29 is 17.2 Å². The number of rotatable bonds is 9. The molecular weight excluding hydrogens is 316 g/mol. The fourth-order valence-electron chi connectivity index (χ4n) is 2.84. The molecule has 1 rings (SSSR count). The van der Waals surface area contributed by atoms with E-state index in [0.29, 0.717) is 36.9 Å². The molecule has 1 aliphatic carbocycles. The summed E-state index contributed by atoms with van der Waals surface area (Å²) in [4.78, 5) is 33.3. The average molecular weight is 359 g/mol. The number of carbonyl (C=O) groups excluding carboxylic acids is 3. The molecule has 1 saturated carbocycles. The van der Waals surface area contributed by atoms with Crippen LogP contribution < -0.4 is 10.6 Å². The summed E-state index contributed by atoms with van der Waals surface area (Å²) in [6.07, 6.45) is 9.43. The molecule has 1 aliphatic rings. The lowest BCUT2D eigenvalue weighted by atomic mass is 9.85. The molecule has 5 heteroatoms. The Bertz CT molecular complexity index is 399. The van der Waals surface area contributed by atoms with Crippen molar-refractivity contribution in [1.29, 1.82) is 0 Å². The van der Waals surface area contributed by atoms with E-state index in [1.165, 1.54) is 19.3 Å². The molecule has 2 N–H and O–H groups in total. The highest BCUT2D eigenvalue weighted by Gasteiger charge is 2.18. The highest BCUT2D eigenvalue weighted by molar-refractivity contribution is 5.80. The first-order valence-corrected chi connectivity index (χ1v) is 9.90. The van der Waals surface area contributed by atoms with Gasteiger partial charge in [0.15, 0.2) is 0 Å². The Kier molecular flexibility index (Phi) is 14.1. The van der Waals surface area contributed by atoms with Crippen LogP contribution in [-0.4, -0.2) is 31.2 Å². The predicted octanol–water partition coefficient (Wildman–Crippen LogP) is 4.10. The second-order valence-corrected chi connectivity index (χ2v) is 7.21. The van der Waals surface area contributed by atoms with E-state index in [0.717, 1.165) is 32.2 Å². The van der Waals surface area contributed by atoms with Crippen molar-refractivity contribution in [2.75, 3.05) is 13.6 Å². The molecule has 0 aromatic heterocycles. The molecule has 0 bridgehead atoms. The van der Waals surface area contributed by atoms with Crippen molar-refractivity contribution in [3.8, 4) is 0 Å². The van der Waals surface area contributed by atoms with Crippen LogP contribution in [0.15, 0.2) is 0 Å². The topological polar surface area (TPSA) is 75.3 Å². The van der Waals surface area contributed by atoms with Gasteiger partial charge in [-0.15, -0.1) is 0 Å². The zero-order valence-electron chi connectivity index (χ0n) is 16.7. The summed E-state index contributed by atoms with van der Waals surface area (Å²) in [6.45, 7) is 6.95. The molecule has 25 heavy (non-hydrogen) atoms. The fourth-order valence-corrected chi connectivity index (χ4v) is 2.84. The van der Waals surface area contributed by atoms with Gasteiger partial charge in [0.05, 0.1) is 0 Å². The van der Waals surface area contributed by atoms with Crippen molar-refractivity contribution in [2.24, 2.45) is 11.8 Å². The van der Waals surface area contributed by atoms with Crippen LogP contribution in [0, 0.1) is 11.8 Å². The third-order valence-corrected chi connectivity index (χ3v) is 4.54. The Morgan fingerprint density at radius 2 is 1.64 bits per heavy atom. The summed E-state index contributed by atoms with van der Waals surface area (Å²) < 4.78 is 0. The van der Waals surface area contributed by atoms with Gasteiger partial charge in [-0.25, -0.2) is 0 Å². The Morgan fingerprint density at radius 1 is 1.04 bits per heavy atom. The molecule has 0 aliphatic heterocycles. The van der Waals surface area contributed by atoms with Gasteiger partial charge in [0.1, 0.15) is 5.78 Å². The third-order valence-electron chi connectivity index (χ3n) is 4.54. The van der Waals surface area contributed by atoms with Crippen LogP contribution in [0.3, 0.4) is 0 Å². The van der Waals surface area contributed by atoms with Gasteiger partial charge in [0.25, 0.3) is 0 Å². The standard InChI is InChI=1S/C11H22N2O2.C9H16O.2H2/c1-9(2)7-8-13-11(15)6-4-5-10(14)12-3;1-2-9(10)8-6-4-3-5-7-8;;/h9H,4-8H2,1-3H3,(H,12,14)(H,13,15);8H,2-7H2,1H3;2*1H. The number of carbonyl (C=O) groups is 3. The molecule has 2 amide bonds. The molecule has 1 fully saturated rings. The van der Waals surface area contributed by atoms with Gasteiger partial charge in [-0.2, -0.15) is 0 Å². The first-order valence-electron chi connectivity index (χ1n) is 9.90. The number of amides is 2. The van der Waals surface area contributed by atoms with E-state index in [-0.39, 0.29) is 14.7 Å². The fraction of sp³-hybridized carbons (Fsp3) is 0.850. The van der Waals surface area contributed by atoms with Gasteiger partial charge in [-0.3, -0.25) is 14.4 Å². The van der Waals surface area contributed by atoms with Gasteiger partial charge in [-0.1, -0.05) is 40.0 Å². The minimum atomic E-state index is -0.00928. The molecule has 0 heterocycles. The summed E-state index contributed by atoms with van der Waals surface area (Å²) in [5, 5.41) is 5.36. The number of Topliss-reactive ketones (excluding diaryl/α,β-unsaturated/α-hetero) is 1. The Labute approximate surface area is 156 Å². The van der Waals surface area contributed by atoms with Gasteiger partial charge in [0, 0.05) is 41.6 Å². The van der Waals surface area contributed by atoms with Crippen molar-refractivity contribution in [3.05, 3.63) is 0 Å². The van der Waals surface area contributed by atoms with Crippen LogP contribution in [0.1, 0.15) is 87.8 Å². The first-order chi connectivity index (χ1) is 11.9. The maximum atomic E-state index is 11.3. The SMILES string of the molecule is CCC(=O)C1CCCCC1.CNC(=O)CCCC(=O)NCCC(C)C.[HH].[HH]. The van der Waals surface area contributed by atoms with E-state index in [9.17, 15) is 14.4 Å². The molecule has 5 nitrogen and oxygen atoms in total. The zero-order valence-corrected chi connectivity index (χ0v) is 16.7. The summed E-state index contributed by atoms with van der Waals surface area (Å²) in [7, 11) is 1.60. The monoisotopic (exact) mass is 358 g/mol. The normalized spacial score (nSPS) is 14.4. The van der Waals surface area contributed by atoms with Crippen LogP contribution in [0.25, 0.3) is 0 Å². The van der Waals surface area contributed by atoms with Crippen LogP contribution in [0.2, 0.25) is 0 Å². The van der Waals surface area contributed by atoms with Crippen molar-refractivity contribution in [1.82, 2.24) is 10.6 Å². The summed E-state index contributed by atoms with van der Waals surface area (Å²) in [6, 6.07) is 0. The van der Waals surface area contributed by atoms with E-state index in [4.69, 9.17) is 0 Å². The molecule has 0 radical (unpaired) electrons. The minimum Gasteiger partial charge on any atom is -0.359 e. The van der Waals surface area contributed by atoms with E-state index in [1.807, 2.05) is 6.92 Å². The maximum Gasteiger partial charge on any atom is 0.220 e. The number of hydrogen-bond donors (Lipinski definition) is 2. The van der Waals surface area contributed by atoms with Gasteiger partial charge in [0.2, 0.25) is 11.8 Å². The van der Waals surface area contributed by atoms with Crippen LogP contribution >= 0.6 is 0 Å². The smallest absolute Gasteiger partial charge is 0.220 e. The molecular formula is C20H42N2O3. The van der Waals surface area contributed by atoms with Crippen LogP contribution in [0.4, 0.5) is 0 Å². The second kappa shape index (κ2) is 14.9. The van der Waals surface area contributed by atoms with Crippen molar-refractivity contribution in [2.45, 2.75) is 85.0 Å². The molecule has 0 aromatic rings. The number of hydrogen-bond acceptors (Lipinski definition) is 3. The summed E-state index contributed by atoms with van der Waals surface area (Å²) in [5.41, 5.74) is 0. The molecule has 150 valence electrons. The molecule has 0 spiro atoms. The minimum absolute atomic E-state index is 0. The largest absolute Gasteiger partial charge is 0.359 e. The van der Waals surface area contributed by atoms with Crippen molar-refractivity contribution in [3.63, 3.8) is 0 Å². The molecule has 0 unspecified atom stereocenters. The van der Waals surface area contributed by atoms with E-state index in [2.05, 4.69) is 24.5 Å². The summed E-state index contributed by atoms with van der Waals surface area (Å²) >= 11 is 0. The molecule has 0 aromatic carbocycles. The molecule has 0 saturated heterocycles. The number of ketones is 1. The van der Waals surface area contributed by atoms with Gasteiger partial charge >= 0.3 is 0 Å². The lowest BCUT2D eigenvalue weighted by Gasteiger charge is -2.19. The van der Waals surface area contributed by atoms with Crippen LogP contribution in [-0.2, 0) is 14.4 Å². The van der Waals surface area contributed by atoms with E-state index < -0.39 is 0 Å². The van der Waals surface area contributed by atoms with Crippen molar-refractivity contribution >= 4 is 17.6 Å². The van der Waals surface area contributed by atoms with Gasteiger partial charge < -0.3 is 10.6 Å². The third kappa shape index (κ3) is 13.6. The Balaban J connectivity index is -0.000000421. The highest BCUT2D eigenvalue weighted by atomic mass is 16.2. The van der Waals surface area contributed by atoms with Crippen LogP contribution in [0.5, 0.6) is 0 Å². The van der Waals surface area contributed by atoms with Gasteiger partial charge in [-0.05, 0) is 31.6 Å². The summed E-state index contributed by atoms with van der Waals surface area (Å²) in [5.74, 6) is 1.55.